The molecule has 0 radical (unpaired) electrons. The number of carbonyl (C=O) groups is 1. The van der Waals surface area contributed by atoms with Gasteiger partial charge in [0.15, 0.2) is 0 Å². The zero-order valence-electron chi connectivity index (χ0n) is 20.9. The third-order valence-electron chi connectivity index (χ3n) is 6.75. The SMILES string of the molecule is Cc1cc(C(=O)Nc2cccc(C(c3cc(O)ccc3O)N(C)C3CC3)c2)n(-c2cccc(CN)c2)n1. The summed E-state index contributed by atoms with van der Waals surface area (Å²) in [4.78, 5) is 15.6. The van der Waals surface area contributed by atoms with Crippen LogP contribution in [-0.4, -0.2) is 43.9 Å². The molecule has 1 fully saturated rings. The number of rotatable bonds is 8. The lowest BCUT2D eigenvalue weighted by molar-refractivity contribution is 0.101. The molecule has 1 aliphatic rings. The second-order valence-electron chi connectivity index (χ2n) is 9.58. The van der Waals surface area contributed by atoms with Gasteiger partial charge in [0.25, 0.3) is 5.91 Å². The van der Waals surface area contributed by atoms with Gasteiger partial charge in [0, 0.05) is 23.8 Å². The smallest absolute Gasteiger partial charge is 0.274 e. The largest absolute Gasteiger partial charge is 0.508 e. The molecule has 5 rings (SSSR count). The Bertz CT molecular complexity index is 1440. The van der Waals surface area contributed by atoms with Crippen LogP contribution in [-0.2, 0) is 6.54 Å². The molecular formula is C29H31N5O3. The molecule has 0 saturated heterocycles. The topological polar surface area (TPSA) is 117 Å². The molecule has 1 aliphatic carbocycles. The van der Waals surface area contributed by atoms with Gasteiger partial charge in [-0.05, 0) is 86.5 Å². The van der Waals surface area contributed by atoms with Crippen molar-refractivity contribution < 1.29 is 15.0 Å². The number of carbonyl (C=O) groups excluding carboxylic acids is 1. The Kier molecular flexibility index (Phi) is 6.69. The van der Waals surface area contributed by atoms with Crippen LogP contribution in [0.4, 0.5) is 5.69 Å². The number of anilines is 1. The highest BCUT2D eigenvalue weighted by Gasteiger charge is 2.34. The molecule has 37 heavy (non-hydrogen) atoms. The number of nitrogens with zero attached hydrogens (tertiary/aromatic N) is 3. The Hall–Kier alpha value is -4.14. The van der Waals surface area contributed by atoms with Crippen LogP contribution in [0.25, 0.3) is 5.69 Å². The van der Waals surface area contributed by atoms with E-state index >= 15 is 0 Å². The number of nitrogens with two attached hydrogens (primary N) is 1. The standard InChI is InChI=1S/C29H31N5O3/c1-18-13-26(34(32-18)23-8-3-5-19(14-23)17-30)29(37)31-21-7-4-6-20(15-21)28(33(2)22-9-10-22)25-16-24(35)11-12-27(25)36/h3-8,11-16,22,28,35-36H,9-10,17,30H2,1-2H3,(H,31,37). The van der Waals surface area contributed by atoms with Crippen molar-refractivity contribution in [3.8, 4) is 17.2 Å². The Morgan fingerprint density at radius 2 is 1.89 bits per heavy atom. The molecule has 4 aromatic rings. The lowest BCUT2D eigenvalue weighted by Crippen LogP contribution is -2.28. The Morgan fingerprint density at radius 1 is 1.11 bits per heavy atom. The third-order valence-corrected chi connectivity index (χ3v) is 6.75. The van der Waals surface area contributed by atoms with Gasteiger partial charge >= 0.3 is 0 Å². The number of aromatic hydroxyl groups is 2. The van der Waals surface area contributed by atoms with E-state index in [9.17, 15) is 15.0 Å². The van der Waals surface area contributed by atoms with E-state index in [4.69, 9.17) is 5.73 Å². The molecule has 190 valence electrons. The van der Waals surface area contributed by atoms with Crippen LogP contribution in [0, 0.1) is 6.92 Å². The number of nitrogens with one attached hydrogen (secondary N) is 1. The van der Waals surface area contributed by atoms with Crippen molar-refractivity contribution in [3.63, 3.8) is 0 Å². The molecule has 5 N–H and O–H groups in total. The fourth-order valence-corrected chi connectivity index (χ4v) is 4.74. The van der Waals surface area contributed by atoms with Crippen LogP contribution in [0.5, 0.6) is 11.5 Å². The van der Waals surface area contributed by atoms with Crippen LogP contribution in [0.1, 0.15) is 51.8 Å². The van der Waals surface area contributed by atoms with Crippen molar-refractivity contribution in [2.45, 2.75) is 38.4 Å². The quantitative estimate of drug-likeness (QED) is 0.267. The first kappa shape index (κ1) is 24.5. The predicted octanol–water partition coefficient (Wildman–Crippen LogP) is 4.49. The van der Waals surface area contributed by atoms with Crippen molar-refractivity contribution in [1.82, 2.24) is 14.7 Å². The number of hydrogen-bond acceptors (Lipinski definition) is 6. The first-order valence-electron chi connectivity index (χ1n) is 12.3. The van der Waals surface area contributed by atoms with Gasteiger partial charge in [0.2, 0.25) is 0 Å². The third kappa shape index (κ3) is 5.21. The molecule has 0 spiro atoms. The fourth-order valence-electron chi connectivity index (χ4n) is 4.74. The molecule has 1 aromatic heterocycles. The molecule has 1 amide bonds. The minimum absolute atomic E-state index is 0.0915. The zero-order chi connectivity index (χ0) is 26.1. The molecule has 0 aliphatic heterocycles. The molecule has 1 unspecified atom stereocenters. The van der Waals surface area contributed by atoms with Crippen molar-refractivity contribution in [2.24, 2.45) is 5.73 Å². The summed E-state index contributed by atoms with van der Waals surface area (Å²) in [6, 6.07) is 21.7. The monoisotopic (exact) mass is 497 g/mol. The zero-order valence-corrected chi connectivity index (χ0v) is 20.9. The molecule has 8 heteroatoms. The van der Waals surface area contributed by atoms with E-state index in [1.165, 1.54) is 12.1 Å². The van der Waals surface area contributed by atoms with Gasteiger partial charge in [0.05, 0.1) is 17.4 Å². The fraction of sp³-hybridized carbons (Fsp3) is 0.241. The summed E-state index contributed by atoms with van der Waals surface area (Å²) >= 11 is 0. The first-order chi connectivity index (χ1) is 17.8. The lowest BCUT2D eigenvalue weighted by Gasteiger charge is -2.30. The number of benzene rings is 3. The summed E-state index contributed by atoms with van der Waals surface area (Å²) in [5, 5.41) is 28.3. The second-order valence-corrected chi connectivity index (χ2v) is 9.58. The van der Waals surface area contributed by atoms with Gasteiger partial charge in [0.1, 0.15) is 17.2 Å². The van der Waals surface area contributed by atoms with E-state index in [0.717, 1.165) is 35.3 Å². The van der Waals surface area contributed by atoms with Gasteiger partial charge in [-0.3, -0.25) is 9.69 Å². The maximum absolute atomic E-state index is 13.4. The van der Waals surface area contributed by atoms with E-state index in [1.54, 1.807) is 16.8 Å². The summed E-state index contributed by atoms with van der Waals surface area (Å²) in [5.41, 5.74) is 10.8. The number of phenols is 2. The van der Waals surface area contributed by atoms with Crippen molar-refractivity contribution >= 4 is 11.6 Å². The van der Waals surface area contributed by atoms with Crippen molar-refractivity contribution in [3.05, 3.63) is 101 Å². The predicted molar refractivity (Wildman–Crippen MR) is 143 cm³/mol. The highest BCUT2D eigenvalue weighted by molar-refractivity contribution is 6.03. The van der Waals surface area contributed by atoms with Gasteiger partial charge in [-0.15, -0.1) is 0 Å². The summed E-state index contributed by atoms with van der Waals surface area (Å²) < 4.78 is 1.63. The minimum Gasteiger partial charge on any atom is -0.508 e. The van der Waals surface area contributed by atoms with Crippen LogP contribution >= 0.6 is 0 Å². The van der Waals surface area contributed by atoms with Crippen LogP contribution in [0.15, 0.2) is 72.8 Å². The average Bonchev–Trinajstić information content (AvgIpc) is 3.67. The van der Waals surface area contributed by atoms with Gasteiger partial charge in [-0.25, -0.2) is 4.68 Å². The average molecular weight is 498 g/mol. The molecule has 1 heterocycles. The highest BCUT2D eigenvalue weighted by atomic mass is 16.3. The maximum Gasteiger partial charge on any atom is 0.274 e. The maximum atomic E-state index is 13.4. The van der Waals surface area contributed by atoms with E-state index in [0.29, 0.717) is 29.5 Å². The molecule has 8 nitrogen and oxygen atoms in total. The summed E-state index contributed by atoms with van der Waals surface area (Å²) in [6.45, 7) is 2.24. The second kappa shape index (κ2) is 10.1. The number of hydrogen-bond donors (Lipinski definition) is 4. The van der Waals surface area contributed by atoms with Gasteiger partial charge < -0.3 is 21.3 Å². The van der Waals surface area contributed by atoms with Crippen molar-refractivity contribution in [1.29, 1.82) is 0 Å². The normalized spacial score (nSPS) is 14.1. The van der Waals surface area contributed by atoms with E-state index in [-0.39, 0.29) is 23.4 Å². The number of aryl methyl sites for hydroxylation is 1. The van der Waals surface area contributed by atoms with E-state index in [1.807, 2.05) is 62.5 Å². The summed E-state index contributed by atoms with van der Waals surface area (Å²) in [6.07, 6.45) is 2.16. The minimum atomic E-state index is -0.289. The van der Waals surface area contributed by atoms with Crippen LogP contribution < -0.4 is 11.1 Å². The van der Waals surface area contributed by atoms with E-state index in [2.05, 4.69) is 15.3 Å². The molecule has 3 aromatic carbocycles. The molecule has 1 saturated carbocycles. The summed E-state index contributed by atoms with van der Waals surface area (Å²) in [5.74, 6) is -0.0826. The number of phenolic OH excluding ortho intramolecular Hbond substituents is 2. The van der Waals surface area contributed by atoms with Crippen molar-refractivity contribution in [2.75, 3.05) is 12.4 Å². The van der Waals surface area contributed by atoms with Gasteiger partial charge in [-0.1, -0.05) is 24.3 Å². The van der Waals surface area contributed by atoms with E-state index < -0.39 is 0 Å². The molecule has 0 bridgehead atoms. The molecule has 1 atom stereocenters. The Balaban J connectivity index is 1.46. The molecular weight excluding hydrogens is 466 g/mol. The number of amides is 1. The first-order valence-corrected chi connectivity index (χ1v) is 12.3. The Morgan fingerprint density at radius 3 is 2.65 bits per heavy atom. The summed E-state index contributed by atoms with van der Waals surface area (Å²) in [7, 11) is 2.02. The van der Waals surface area contributed by atoms with Crippen LogP contribution in [0.3, 0.4) is 0 Å². The van der Waals surface area contributed by atoms with Gasteiger partial charge in [-0.2, -0.15) is 5.10 Å². The lowest BCUT2D eigenvalue weighted by atomic mass is 9.95. The Labute approximate surface area is 216 Å². The number of aromatic nitrogens is 2. The van der Waals surface area contributed by atoms with Crippen LogP contribution in [0.2, 0.25) is 0 Å². The highest BCUT2D eigenvalue weighted by Crippen LogP contribution is 2.41.